The molecule has 0 atom stereocenters. The summed E-state index contributed by atoms with van der Waals surface area (Å²) >= 11 is 1.87. The van der Waals surface area contributed by atoms with Crippen LogP contribution in [0, 0.1) is 5.92 Å². The quantitative estimate of drug-likeness (QED) is 0.346. The number of ether oxygens (including phenoxy) is 2. The van der Waals surface area contributed by atoms with Crippen molar-refractivity contribution < 1.29 is 9.47 Å². The Bertz CT molecular complexity index is 594. The van der Waals surface area contributed by atoms with Crippen LogP contribution in [-0.4, -0.2) is 81.5 Å². The van der Waals surface area contributed by atoms with Gasteiger partial charge in [0.05, 0.1) is 6.10 Å². The Kier molecular flexibility index (Phi) is 10.4. The topological polar surface area (TPSA) is 49.3 Å². The van der Waals surface area contributed by atoms with Gasteiger partial charge < -0.3 is 19.7 Å². The van der Waals surface area contributed by atoms with E-state index in [0.29, 0.717) is 12.0 Å². The molecule has 0 aliphatic carbocycles. The van der Waals surface area contributed by atoms with Crippen molar-refractivity contribution in [1.82, 2.24) is 15.1 Å². The average Bonchev–Trinajstić information content (AvgIpc) is 3.29. The van der Waals surface area contributed by atoms with E-state index >= 15 is 0 Å². The van der Waals surface area contributed by atoms with Gasteiger partial charge in [0.1, 0.15) is 0 Å². The second-order valence-electron chi connectivity index (χ2n) is 8.40. The summed E-state index contributed by atoms with van der Waals surface area (Å²) in [5, 5.41) is 5.69. The summed E-state index contributed by atoms with van der Waals surface area (Å²) in [4.78, 5) is 11.5. The van der Waals surface area contributed by atoms with Crippen LogP contribution < -0.4 is 5.32 Å². The molecule has 170 valence electrons. The van der Waals surface area contributed by atoms with Gasteiger partial charge in [-0.25, -0.2) is 0 Å². The molecule has 1 aromatic heterocycles. The number of thiophene rings is 1. The van der Waals surface area contributed by atoms with E-state index in [1.165, 1.54) is 30.8 Å². The highest BCUT2D eigenvalue weighted by Crippen LogP contribution is 2.21. The number of likely N-dealkylation sites (tertiary alicyclic amines) is 2. The Morgan fingerprint density at radius 3 is 2.63 bits per heavy atom. The summed E-state index contributed by atoms with van der Waals surface area (Å²) in [6.45, 7) is 11.2. The Labute approximate surface area is 186 Å². The molecule has 7 heteroatoms. The summed E-state index contributed by atoms with van der Waals surface area (Å²) in [6, 6.07) is 4.40. The Morgan fingerprint density at radius 2 is 1.97 bits per heavy atom. The first-order valence-electron chi connectivity index (χ1n) is 11.7. The van der Waals surface area contributed by atoms with E-state index in [1.54, 1.807) is 7.11 Å². The van der Waals surface area contributed by atoms with Crippen LogP contribution in [-0.2, 0) is 16.0 Å². The normalized spacial score (nSPS) is 20.1. The van der Waals surface area contributed by atoms with Crippen molar-refractivity contribution in [3.63, 3.8) is 0 Å². The van der Waals surface area contributed by atoms with Crippen molar-refractivity contribution in [2.24, 2.45) is 10.9 Å². The summed E-state index contributed by atoms with van der Waals surface area (Å²) in [6.07, 6.45) is 6.04. The molecule has 3 rings (SSSR count). The number of hydrogen-bond acceptors (Lipinski definition) is 5. The number of methoxy groups -OCH3 is 1. The first kappa shape index (κ1) is 23.5. The molecule has 6 nitrogen and oxygen atoms in total. The van der Waals surface area contributed by atoms with E-state index in [2.05, 4.69) is 39.6 Å². The maximum atomic E-state index is 6.00. The Morgan fingerprint density at radius 1 is 1.17 bits per heavy atom. The average molecular weight is 437 g/mol. The van der Waals surface area contributed by atoms with E-state index in [9.17, 15) is 0 Å². The molecule has 0 aromatic carbocycles. The summed E-state index contributed by atoms with van der Waals surface area (Å²) in [5.74, 6) is 1.80. The second-order valence-corrected chi connectivity index (χ2v) is 9.43. The van der Waals surface area contributed by atoms with Crippen LogP contribution in [0.1, 0.15) is 43.9 Å². The molecular weight excluding hydrogens is 396 g/mol. The minimum Gasteiger partial charge on any atom is -0.385 e. The first-order chi connectivity index (χ1) is 14.8. The fraction of sp³-hybridized carbons (Fsp3) is 0.783. The molecule has 2 fully saturated rings. The van der Waals surface area contributed by atoms with Crippen molar-refractivity contribution >= 4 is 17.3 Å². The third-order valence-corrected chi connectivity index (χ3v) is 6.95. The van der Waals surface area contributed by atoms with Gasteiger partial charge in [0.15, 0.2) is 5.96 Å². The molecule has 0 radical (unpaired) electrons. The number of rotatable bonds is 10. The van der Waals surface area contributed by atoms with Crippen LogP contribution in [0.2, 0.25) is 0 Å². The number of piperidine rings is 2. The van der Waals surface area contributed by atoms with Gasteiger partial charge in [0.2, 0.25) is 0 Å². The van der Waals surface area contributed by atoms with Crippen molar-refractivity contribution in [2.75, 3.05) is 59.6 Å². The molecule has 0 unspecified atom stereocenters. The summed E-state index contributed by atoms with van der Waals surface area (Å²) in [7, 11) is 1.74. The lowest BCUT2D eigenvalue weighted by molar-refractivity contribution is 0.00988. The van der Waals surface area contributed by atoms with Crippen molar-refractivity contribution in [1.29, 1.82) is 0 Å². The van der Waals surface area contributed by atoms with E-state index in [4.69, 9.17) is 14.5 Å². The zero-order valence-electron chi connectivity index (χ0n) is 18.9. The monoisotopic (exact) mass is 436 g/mol. The van der Waals surface area contributed by atoms with Crippen LogP contribution in [0.3, 0.4) is 0 Å². The predicted molar refractivity (Wildman–Crippen MR) is 125 cm³/mol. The van der Waals surface area contributed by atoms with E-state index < -0.39 is 0 Å². The van der Waals surface area contributed by atoms with Gasteiger partial charge in [0.25, 0.3) is 0 Å². The predicted octanol–water partition coefficient (Wildman–Crippen LogP) is 3.44. The van der Waals surface area contributed by atoms with Gasteiger partial charge in [-0.1, -0.05) is 6.07 Å². The molecule has 2 aliphatic heterocycles. The lowest BCUT2D eigenvalue weighted by atomic mass is 9.97. The van der Waals surface area contributed by atoms with Crippen LogP contribution in [0.15, 0.2) is 22.5 Å². The van der Waals surface area contributed by atoms with Gasteiger partial charge in [-0.15, -0.1) is 11.3 Å². The van der Waals surface area contributed by atoms with Crippen LogP contribution >= 0.6 is 11.3 Å². The maximum Gasteiger partial charge on any atom is 0.193 e. The Balaban J connectivity index is 1.38. The van der Waals surface area contributed by atoms with Crippen molar-refractivity contribution in [2.45, 2.75) is 51.7 Å². The largest absolute Gasteiger partial charge is 0.385 e. The molecule has 2 aliphatic rings. The molecule has 3 heterocycles. The minimum atomic E-state index is 0.383. The molecule has 0 amide bonds. The fourth-order valence-electron chi connectivity index (χ4n) is 4.28. The Hall–Kier alpha value is -1.15. The molecule has 0 spiro atoms. The van der Waals surface area contributed by atoms with Crippen LogP contribution in [0.5, 0.6) is 0 Å². The van der Waals surface area contributed by atoms with Gasteiger partial charge in [-0.2, -0.15) is 0 Å². The molecule has 1 N–H and O–H groups in total. The van der Waals surface area contributed by atoms with Crippen LogP contribution in [0.25, 0.3) is 0 Å². The SMILES string of the molecule is CCNC(=NCC1CCN(Cc2cccs2)CC1)N1CCC(OCCCOC)CC1. The van der Waals surface area contributed by atoms with E-state index in [1.807, 2.05) is 11.3 Å². The molecule has 30 heavy (non-hydrogen) atoms. The molecular formula is C23H40N4O2S. The molecule has 1 aromatic rings. The second kappa shape index (κ2) is 13.3. The van der Waals surface area contributed by atoms with E-state index in [-0.39, 0.29) is 0 Å². The third kappa shape index (κ3) is 7.84. The number of nitrogens with zero attached hydrogens (tertiary/aromatic N) is 3. The zero-order valence-corrected chi connectivity index (χ0v) is 19.7. The summed E-state index contributed by atoms with van der Waals surface area (Å²) < 4.78 is 11.1. The highest BCUT2D eigenvalue weighted by molar-refractivity contribution is 7.09. The number of guanidine groups is 1. The molecule has 0 bridgehead atoms. The standard InChI is InChI=1S/C23H40N4O2S/c1-3-24-23(27-13-9-21(10-14-27)29-16-5-15-28-2)25-18-20-7-11-26(12-8-20)19-22-6-4-17-30-22/h4,6,17,20-21H,3,5,7-16,18-19H2,1-2H3,(H,24,25). The van der Waals surface area contributed by atoms with Gasteiger partial charge >= 0.3 is 0 Å². The van der Waals surface area contributed by atoms with Gasteiger partial charge in [-0.05, 0) is 69.5 Å². The molecule has 0 saturated carbocycles. The van der Waals surface area contributed by atoms with E-state index in [0.717, 1.165) is 71.2 Å². The third-order valence-electron chi connectivity index (χ3n) is 6.09. The minimum absolute atomic E-state index is 0.383. The highest BCUT2D eigenvalue weighted by Gasteiger charge is 2.23. The fourth-order valence-corrected chi connectivity index (χ4v) is 5.03. The maximum absolute atomic E-state index is 6.00. The number of hydrogen-bond donors (Lipinski definition) is 1. The van der Waals surface area contributed by atoms with Gasteiger partial charge in [0, 0.05) is 57.9 Å². The number of nitrogens with one attached hydrogen (secondary N) is 1. The molecule has 2 saturated heterocycles. The van der Waals surface area contributed by atoms with Crippen LogP contribution in [0.4, 0.5) is 0 Å². The first-order valence-corrected chi connectivity index (χ1v) is 12.5. The lowest BCUT2D eigenvalue weighted by Crippen LogP contribution is -2.47. The highest BCUT2D eigenvalue weighted by atomic mass is 32.1. The number of aliphatic imine (C=N–C) groups is 1. The lowest BCUT2D eigenvalue weighted by Gasteiger charge is -2.35. The van der Waals surface area contributed by atoms with Crippen molar-refractivity contribution in [3.05, 3.63) is 22.4 Å². The zero-order chi connectivity index (χ0) is 21.0. The summed E-state index contributed by atoms with van der Waals surface area (Å²) in [5.41, 5.74) is 0. The smallest absolute Gasteiger partial charge is 0.193 e. The van der Waals surface area contributed by atoms with Crippen molar-refractivity contribution in [3.8, 4) is 0 Å². The van der Waals surface area contributed by atoms with Gasteiger partial charge in [-0.3, -0.25) is 9.89 Å².